The van der Waals surface area contributed by atoms with E-state index in [0.29, 0.717) is 76.1 Å². The Balaban J connectivity index is 1.43. The second-order valence-electron chi connectivity index (χ2n) is 22.0. The number of nitrogens with zero attached hydrogens (tertiary/aromatic N) is 7. The van der Waals surface area contributed by atoms with Crippen LogP contribution in [0.4, 0.5) is 4.79 Å². The number of alkyl carbamates (subject to hydrolysis) is 1. The van der Waals surface area contributed by atoms with Gasteiger partial charge in [-0.2, -0.15) is 0 Å². The third-order valence-corrected chi connectivity index (χ3v) is 11.2. The van der Waals surface area contributed by atoms with E-state index in [1.165, 1.54) is 0 Å². The van der Waals surface area contributed by atoms with E-state index >= 15 is 0 Å². The highest BCUT2D eigenvalue weighted by Crippen LogP contribution is 2.34. The summed E-state index contributed by atoms with van der Waals surface area (Å²) in [4.78, 5) is 81.2. The Bertz CT molecular complexity index is 2300. The molecule has 0 unspecified atom stereocenters. The highest BCUT2D eigenvalue weighted by Gasteiger charge is 2.32. The van der Waals surface area contributed by atoms with E-state index in [1.807, 2.05) is 117 Å². The molecule has 6 rings (SSSR count). The fourth-order valence-corrected chi connectivity index (χ4v) is 8.53. The van der Waals surface area contributed by atoms with Gasteiger partial charge in [0, 0.05) is 56.6 Å². The molecule has 3 aromatic heterocycles. The molecule has 4 heterocycles. The van der Waals surface area contributed by atoms with Gasteiger partial charge in [-0.15, -0.1) is 0 Å². The van der Waals surface area contributed by atoms with Crippen LogP contribution in [0.1, 0.15) is 138 Å². The first-order valence-electron chi connectivity index (χ1n) is 24.0. The van der Waals surface area contributed by atoms with Crippen molar-refractivity contribution >= 4 is 56.8 Å². The Hall–Kier alpha value is -5.06. The molecule has 67 heavy (non-hydrogen) atoms. The maximum Gasteiger partial charge on any atom is 0.407 e. The molecule has 4 bridgehead atoms. The number of benzene rings is 1. The van der Waals surface area contributed by atoms with Crippen molar-refractivity contribution in [1.82, 2.24) is 40.0 Å². The van der Waals surface area contributed by atoms with Crippen LogP contribution in [0.3, 0.4) is 0 Å². The van der Waals surface area contributed by atoms with Crippen molar-refractivity contribution in [3.05, 3.63) is 47.0 Å². The molecule has 0 spiro atoms. The van der Waals surface area contributed by atoms with E-state index in [2.05, 4.69) is 10.2 Å². The van der Waals surface area contributed by atoms with Gasteiger partial charge in [0.2, 0.25) is 0 Å². The first-order chi connectivity index (χ1) is 31.3. The number of amides is 1. The predicted octanol–water partition coefficient (Wildman–Crippen LogP) is 7.61. The van der Waals surface area contributed by atoms with Crippen LogP contribution in [0.2, 0.25) is 0 Å². The van der Waals surface area contributed by atoms with Crippen LogP contribution in [-0.4, -0.2) is 133 Å². The van der Waals surface area contributed by atoms with Crippen LogP contribution in [0.15, 0.2) is 24.3 Å². The molecule has 1 atom stereocenters. The molecule has 1 N–H and O–H groups in total. The van der Waals surface area contributed by atoms with Crippen LogP contribution in [-0.2, 0) is 59.3 Å². The molecule has 1 aliphatic heterocycles. The van der Waals surface area contributed by atoms with E-state index < -0.39 is 34.5 Å². The highest BCUT2D eigenvalue weighted by molar-refractivity contribution is 6.20. The van der Waals surface area contributed by atoms with Crippen molar-refractivity contribution in [3.8, 4) is 0 Å². The number of carbonyl (C=O) groups is 4. The molecule has 16 nitrogen and oxygen atoms in total. The van der Waals surface area contributed by atoms with Gasteiger partial charge < -0.3 is 24.3 Å². The Kier molecular flexibility index (Phi) is 16.1. The maximum atomic E-state index is 14.4. The molecular formula is C51H74N8O8. The molecule has 1 amide bonds. The SMILES string of the molecule is CC(C)(C)OC(=O)CN1CCN([C@@H](CCCCNC(=O)OC(C)(C)C)C(=O)OC(C)(C)C)CCN(CC(=O)OC(C)(C)C)Cc2ccc3c(n2)c2nc(ccc2c2nc4c(nc32)CCCC4)C1. The summed E-state index contributed by atoms with van der Waals surface area (Å²) in [6.45, 7) is 24.4. The zero-order chi connectivity index (χ0) is 48.9. The molecule has 2 aliphatic rings. The maximum absolute atomic E-state index is 14.4. The summed E-state index contributed by atoms with van der Waals surface area (Å²) >= 11 is 0. The average molecular weight is 927 g/mol. The number of carbonyl (C=O) groups excluding carboxylic acids is 4. The zero-order valence-corrected chi connectivity index (χ0v) is 42.1. The lowest BCUT2D eigenvalue weighted by molar-refractivity contribution is -0.163. The normalized spacial score (nSPS) is 16.7. The van der Waals surface area contributed by atoms with Crippen molar-refractivity contribution < 1.29 is 38.1 Å². The Morgan fingerprint density at radius 2 is 1.00 bits per heavy atom. The Morgan fingerprint density at radius 3 is 1.43 bits per heavy atom. The lowest BCUT2D eigenvalue weighted by Crippen LogP contribution is -2.50. The molecule has 0 saturated carbocycles. The minimum atomic E-state index is -0.765. The van der Waals surface area contributed by atoms with Gasteiger partial charge in [-0.3, -0.25) is 29.1 Å². The van der Waals surface area contributed by atoms with Gasteiger partial charge >= 0.3 is 24.0 Å². The van der Waals surface area contributed by atoms with Crippen molar-refractivity contribution in [2.45, 2.75) is 170 Å². The summed E-state index contributed by atoms with van der Waals surface area (Å²) < 4.78 is 23.2. The van der Waals surface area contributed by atoms with Gasteiger partial charge in [0.05, 0.1) is 57.9 Å². The van der Waals surface area contributed by atoms with Gasteiger partial charge in [-0.25, -0.2) is 24.7 Å². The highest BCUT2D eigenvalue weighted by atomic mass is 16.6. The summed E-state index contributed by atoms with van der Waals surface area (Å²) in [5, 5.41) is 4.52. The first-order valence-corrected chi connectivity index (χ1v) is 24.0. The van der Waals surface area contributed by atoms with Crippen molar-refractivity contribution in [2.24, 2.45) is 0 Å². The summed E-state index contributed by atoms with van der Waals surface area (Å²) in [5.41, 5.74) is 3.66. The van der Waals surface area contributed by atoms with Gasteiger partial charge in [0.1, 0.15) is 28.4 Å². The third-order valence-electron chi connectivity index (χ3n) is 11.2. The fourth-order valence-electron chi connectivity index (χ4n) is 8.53. The van der Waals surface area contributed by atoms with Crippen molar-refractivity contribution in [1.29, 1.82) is 0 Å². The number of aromatic nitrogens is 4. The van der Waals surface area contributed by atoms with Crippen LogP contribution in [0.5, 0.6) is 0 Å². The fraction of sp³-hybridized carbons (Fsp3) is 0.647. The lowest BCUT2D eigenvalue weighted by Gasteiger charge is -2.35. The summed E-state index contributed by atoms with van der Waals surface area (Å²) in [6.07, 6.45) is 5.01. The molecule has 1 aliphatic carbocycles. The van der Waals surface area contributed by atoms with Gasteiger partial charge in [-0.05, 0) is 152 Å². The van der Waals surface area contributed by atoms with E-state index in [-0.39, 0.29) is 31.0 Å². The number of esters is 3. The monoisotopic (exact) mass is 927 g/mol. The Labute approximate surface area is 396 Å². The first kappa shape index (κ1) is 51.3. The van der Waals surface area contributed by atoms with Gasteiger partial charge in [0.15, 0.2) is 0 Å². The van der Waals surface area contributed by atoms with E-state index in [1.54, 1.807) is 0 Å². The van der Waals surface area contributed by atoms with Gasteiger partial charge in [-0.1, -0.05) is 0 Å². The molecule has 366 valence electrons. The van der Waals surface area contributed by atoms with Crippen LogP contribution < -0.4 is 5.32 Å². The van der Waals surface area contributed by atoms with Crippen molar-refractivity contribution in [2.75, 3.05) is 45.8 Å². The van der Waals surface area contributed by atoms with Crippen LogP contribution >= 0.6 is 0 Å². The number of hydrogen-bond donors (Lipinski definition) is 1. The number of aryl methyl sites for hydroxylation is 2. The largest absolute Gasteiger partial charge is 0.459 e. The van der Waals surface area contributed by atoms with Crippen molar-refractivity contribution in [3.63, 3.8) is 0 Å². The predicted molar refractivity (Wildman–Crippen MR) is 258 cm³/mol. The molecule has 4 aromatic rings. The summed E-state index contributed by atoms with van der Waals surface area (Å²) in [5.74, 6) is -1.15. The molecular weight excluding hydrogens is 853 g/mol. The van der Waals surface area contributed by atoms with Gasteiger partial charge in [0.25, 0.3) is 0 Å². The quantitative estimate of drug-likeness (QED) is 0.0672. The smallest absolute Gasteiger partial charge is 0.407 e. The van der Waals surface area contributed by atoms with Crippen LogP contribution in [0, 0.1) is 0 Å². The number of rotatable bonds is 11. The molecule has 16 heteroatoms. The number of fused-ring (bicyclic) bond motifs is 6. The standard InChI is InChI=1S/C51H74N8O8/c1-48(2,3)64-40(60)31-57-25-27-59(39(46(62)66-50(7,8)9)19-15-16-24-52-47(63)67-51(10,11)12)28-26-58(32-41(61)65-49(4,5)6)30-34-21-23-36-43(54-34)42-35(22-20-33(29-57)53-42)44-45(36)56-38-18-14-13-17-37(38)55-44/h20-23,39H,13-19,24-32H2,1-12H3,(H,52,63)/t39-/m0/s1. The third kappa shape index (κ3) is 15.2. The van der Waals surface area contributed by atoms with E-state index in [0.717, 1.165) is 70.3 Å². The minimum absolute atomic E-state index is 0.0263. The van der Waals surface area contributed by atoms with E-state index in [9.17, 15) is 19.2 Å². The summed E-state index contributed by atoms with van der Waals surface area (Å²) in [7, 11) is 0. The van der Waals surface area contributed by atoms with E-state index in [4.69, 9.17) is 38.9 Å². The summed E-state index contributed by atoms with van der Waals surface area (Å²) in [6, 6.07) is 7.34. The zero-order valence-electron chi connectivity index (χ0n) is 42.1. The molecule has 0 fully saturated rings. The molecule has 0 radical (unpaired) electrons. The number of hydrogen-bond acceptors (Lipinski definition) is 15. The molecule has 0 saturated heterocycles. The second-order valence-corrected chi connectivity index (χ2v) is 22.0. The average Bonchev–Trinajstić information content (AvgIpc) is 3.19. The topological polar surface area (TPSA) is 179 Å². The van der Waals surface area contributed by atoms with Crippen LogP contribution in [0.25, 0.3) is 32.8 Å². The Morgan fingerprint density at radius 1 is 0.567 bits per heavy atom. The number of nitrogens with one attached hydrogen (secondary N) is 1. The minimum Gasteiger partial charge on any atom is -0.459 e. The number of ether oxygens (including phenoxy) is 4. The molecule has 1 aromatic carbocycles. The lowest BCUT2D eigenvalue weighted by atomic mass is 9.99. The second kappa shape index (κ2) is 21.1. The number of pyridine rings is 2. The number of unbranched alkanes of at least 4 members (excludes halogenated alkanes) is 1.